The van der Waals surface area contributed by atoms with Gasteiger partial charge < -0.3 is 5.32 Å². The molecule has 0 radical (unpaired) electrons. The number of aromatic nitrogens is 5. The Morgan fingerprint density at radius 1 is 1.00 bits per heavy atom. The summed E-state index contributed by atoms with van der Waals surface area (Å²) in [7, 11) is 0. The second-order valence-corrected chi connectivity index (χ2v) is 7.76. The number of carbonyl (C=O) groups excluding carboxylic acids is 1. The van der Waals surface area contributed by atoms with Crippen LogP contribution in [0.2, 0.25) is 0 Å². The summed E-state index contributed by atoms with van der Waals surface area (Å²) >= 11 is 0. The molecule has 166 valence electrons. The minimum atomic E-state index is -0.785. The second kappa shape index (κ2) is 7.66. The summed E-state index contributed by atoms with van der Waals surface area (Å²) in [6.07, 6.45) is 3.14. The topological polar surface area (TPSA) is 85.7 Å². The molecular weight excluding hydrogens is 430 g/mol. The molecule has 3 heterocycles. The SMILES string of the molecule is Cc1ccc(-c2cc3c4nn(CC(=O)Nc5cc(F)ccc5F)c(=O)n4ccn3n2)cc1C. The van der Waals surface area contributed by atoms with Crippen molar-refractivity contribution < 1.29 is 13.6 Å². The van der Waals surface area contributed by atoms with Crippen molar-refractivity contribution in [1.29, 1.82) is 0 Å². The number of aryl methyl sites for hydroxylation is 2. The van der Waals surface area contributed by atoms with E-state index in [1.807, 2.05) is 38.1 Å². The summed E-state index contributed by atoms with van der Waals surface area (Å²) in [5.41, 5.74) is 3.99. The van der Waals surface area contributed by atoms with E-state index >= 15 is 0 Å². The van der Waals surface area contributed by atoms with E-state index in [0.29, 0.717) is 16.9 Å². The zero-order valence-corrected chi connectivity index (χ0v) is 17.7. The summed E-state index contributed by atoms with van der Waals surface area (Å²) in [6.45, 7) is 3.58. The fraction of sp³-hybridized carbons (Fsp3) is 0.130. The molecule has 1 amide bonds. The smallest absolute Gasteiger partial charge is 0.322 e. The number of rotatable bonds is 4. The molecule has 3 aromatic heterocycles. The molecule has 0 bridgehead atoms. The van der Waals surface area contributed by atoms with E-state index in [0.717, 1.165) is 34.0 Å². The van der Waals surface area contributed by atoms with Crippen LogP contribution in [0.3, 0.4) is 0 Å². The fourth-order valence-corrected chi connectivity index (χ4v) is 3.60. The molecular formula is C23H18F2N6O2. The maximum absolute atomic E-state index is 13.8. The van der Waals surface area contributed by atoms with E-state index < -0.39 is 29.8 Å². The van der Waals surface area contributed by atoms with Crippen LogP contribution >= 0.6 is 0 Å². The van der Waals surface area contributed by atoms with Gasteiger partial charge >= 0.3 is 5.69 Å². The summed E-state index contributed by atoms with van der Waals surface area (Å²) in [6, 6.07) is 10.6. The van der Waals surface area contributed by atoms with Crippen LogP contribution in [-0.2, 0) is 11.3 Å². The number of anilines is 1. The van der Waals surface area contributed by atoms with Crippen molar-refractivity contribution in [2.45, 2.75) is 20.4 Å². The van der Waals surface area contributed by atoms with Crippen LogP contribution in [-0.4, -0.2) is 29.7 Å². The van der Waals surface area contributed by atoms with Gasteiger partial charge in [-0.15, -0.1) is 5.10 Å². The molecule has 5 aromatic rings. The molecule has 0 fully saturated rings. The normalized spacial score (nSPS) is 11.4. The molecule has 0 aliphatic carbocycles. The van der Waals surface area contributed by atoms with Crippen molar-refractivity contribution in [3.05, 3.63) is 88.1 Å². The Morgan fingerprint density at radius 2 is 1.82 bits per heavy atom. The molecule has 0 spiro atoms. The van der Waals surface area contributed by atoms with Crippen molar-refractivity contribution in [2.24, 2.45) is 0 Å². The van der Waals surface area contributed by atoms with Crippen LogP contribution in [0.1, 0.15) is 11.1 Å². The first-order valence-corrected chi connectivity index (χ1v) is 10.1. The number of hydrogen-bond donors (Lipinski definition) is 1. The van der Waals surface area contributed by atoms with Gasteiger partial charge in [-0.25, -0.2) is 27.2 Å². The molecule has 0 aliphatic rings. The van der Waals surface area contributed by atoms with Gasteiger partial charge in [0.05, 0.1) is 11.4 Å². The van der Waals surface area contributed by atoms with Crippen LogP contribution < -0.4 is 11.0 Å². The Balaban J connectivity index is 1.50. The molecule has 10 heteroatoms. The lowest BCUT2D eigenvalue weighted by molar-refractivity contribution is -0.117. The van der Waals surface area contributed by atoms with Gasteiger partial charge in [-0.1, -0.05) is 12.1 Å². The van der Waals surface area contributed by atoms with Crippen LogP contribution in [0, 0.1) is 25.5 Å². The van der Waals surface area contributed by atoms with Gasteiger partial charge in [0.2, 0.25) is 5.91 Å². The zero-order valence-electron chi connectivity index (χ0n) is 17.7. The third-order valence-corrected chi connectivity index (χ3v) is 5.49. The highest BCUT2D eigenvalue weighted by atomic mass is 19.1. The Hall–Kier alpha value is -4.34. The standard InChI is InChI=1S/C23H18F2N6O2/c1-13-3-4-15(9-14(13)2)18-11-20-22-28-31(23(33)29(22)7-8-30(20)27-18)12-21(32)26-19-10-16(24)5-6-17(19)25/h3-11H,12H2,1-2H3,(H,26,32). The van der Waals surface area contributed by atoms with Crippen LogP contribution in [0.15, 0.2) is 59.7 Å². The molecule has 0 atom stereocenters. The van der Waals surface area contributed by atoms with Crippen molar-refractivity contribution in [1.82, 2.24) is 23.8 Å². The lowest BCUT2D eigenvalue weighted by Gasteiger charge is -2.05. The summed E-state index contributed by atoms with van der Waals surface area (Å²) in [5, 5.41) is 11.1. The third kappa shape index (κ3) is 3.65. The van der Waals surface area contributed by atoms with Gasteiger partial charge in [0, 0.05) is 24.0 Å². The van der Waals surface area contributed by atoms with Crippen molar-refractivity contribution in [3.63, 3.8) is 0 Å². The number of halogens is 2. The van der Waals surface area contributed by atoms with E-state index in [1.54, 1.807) is 10.7 Å². The third-order valence-electron chi connectivity index (χ3n) is 5.49. The Bertz CT molecular complexity index is 1620. The number of carbonyl (C=O) groups is 1. The predicted molar refractivity (Wildman–Crippen MR) is 118 cm³/mol. The molecule has 2 aromatic carbocycles. The van der Waals surface area contributed by atoms with Crippen molar-refractivity contribution >= 4 is 22.8 Å². The molecule has 0 unspecified atom stereocenters. The van der Waals surface area contributed by atoms with E-state index in [2.05, 4.69) is 15.5 Å². The second-order valence-electron chi connectivity index (χ2n) is 7.76. The lowest BCUT2D eigenvalue weighted by Crippen LogP contribution is -2.28. The summed E-state index contributed by atoms with van der Waals surface area (Å²) in [5.74, 6) is -2.20. The molecule has 33 heavy (non-hydrogen) atoms. The largest absolute Gasteiger partial charge is 0.350 e. The Kier molecular flexibility index (Phi) is 4.77. The quantitative estimate of drug-likeness (QED) is 0.457. The summed E-state index contributed by atoms with van der Waals surface area (Å²) < 4.78 is 31.0. The number of benzene rings is 2. The molecule has 1 N–H and O–H groups in total. The van der Waals surface area contributed by atoms with E-state index in [1.165, 1.54) is 16.2 Å². The van der Waals surface area contributed by atoms with Crippen molar-refractivity contribution in [3.8, 4) is 11.3 Å². The maximum atomic E-state index is 13.8. The Labute approximate surface area is 185 Å². The minimum absolute atomic E-state index is 0.312. The highest BCUT2D eigenvalue weighted by molar-refractivity contribution is 5.90. The van der Waals surface area contributed by atoms with Gasteiger partial charge in [0.25, 0.3) is 0 Å². The number of nitrogens with one attached hydrogen (secondary N) is 1. The monoisotopic (exact) mass is 448 g/mol. The first kappa shape index (κ1) is 20.6. The Morgan fingerprint density at radius 3 is 2.61 bits per heavy atom. The minimum Gasteiger partial charge on any atom is -0.322 e. The summed E-state index contributed by atoms with van der Waals surface area (Å²) in [4.78, 5) is 25.1. The number of amides is 1. The van der Waals surface area contributed by atoms with Gasteiger partial charge in [-0.2, -0.15) is 5.10 Å². The van der Waals surface area contributed by atoms with Gasteiger partial charge in [0.1, 0.15) is 23.7 Å². The molecule has 5 rings (SSSR count). The highest BCUT2D eigenvalue weighted by Gasteiger charge is 2.16. The van der Waals surface area contributed by atoms with Crippen molar-refractivity contribution in [2.75, 3.05) is 5.32 Å². The molecule has 8 nitrogen and oxygen atoms in total. The number of nitrogens with zero attached hydrogens (tertiary/aromatic N) is 5. The first-order valence-electron chi connectivity index (χ1n) is 10.1. The van der Waals surface area contributed by atoms with Gasteiger partial charge in [-0.3, -0.25) is 4.79 Å². The number of fused-ring (bicyclic) bond motifs is 3. The average Bonchev–Trinajstić information content (AvgIpc) is 3.34. The molecule has 0 saturated carbocycles. The lowest BCUT2D eigenvalue weighted by atomic mass is 10.0. The van der Waals surface area contributed by atoms with Crippen LogP contribution in [0.4, 0.5) is 14.5 Å². The first-order chi connectivity index (χ1) is 15.8. The fourth-order valence-electron chi connectivity index (χ4n) is 3.60. The zero-order chi connectivity index (χ0) is 23.3. The van der Waals surface area contributed by atoms with E-state index in [4.69, 9.17) is 0 Å². The van der Waals surface area contributed by atoms with Gasteiger partial charge in [-0.05, 0) is 49.2 Å². The van der Waals surface area contributed by atoms with E-state index in [9.17, 15) is 18.4 Å². The van der Waals surface area contributed by atoms with Crippen LogP contribution in [0.25, 0.3) is 22.4 Å². The van der Waals surface area contributed by atoms with Gasteiger partial charge in [0.15, 0.2) is 5.65 Å². The highest BCUT2D eigenvalue weighted by Crippen LogP contribution is 2.23. The number of hydrogen-bond acceptors (Lipinski definition) is 4. The molecule has 0 aliphatic heterocycles. The molecule has 0 saturated heterocycles. The maximum Gasteiger partial charge on any atom is 0.350 e. The predicted octanol–water partition coefficient (Wildman–Crippen LogP) is 3.34. The van der Waals surface area contributed by atoms with E-state index in [-0.39, 0.29) is 5.69 Å². The average molecular weight is 448 g/mol. The van der Waals surface area contributed by atoms with Crippen LogP contribution in [0.5, 0.6) is 0 Å².